The van der Waals surface area contributed by atoms with Gasteiger partial charge in [-0.2, -0.15) is 0 Å². The van der Waals surface area contributed by atoms with Crippen molar-refractivity contribution in [2.45, 2.75) is 25.4 Å². The Balaban J connectivity index is 1.61. The molecule has 0 spiro atoms. The van der Waals surface area contributed by atoms with E-state index < -0.39 is 0 Å². The van der Waals surface area contributed by atoms with Crippen molar-refractivity contribution in [2.75, 3.05) is 13.2 Å². The summed E-state index contributed by atoms with van der Waals surface area (Å²) in [6.07, 6.45) is 6.70. The normalized spacial score (nSPS) is 14.7. The number of hydrogen-bond acceptors (Lipinski definition) is 4. The molecule has 3 heterocycles. The molecule has 1 aliphatic heterocycles. The summed E-state index contributed by atoms with van der Waals surface area (Å²) in [6.45, 7) is 1.75. The molecule has 1 amide bonds. The maximum atomic E-state index is 13.2. The average Bonchev–Trinajstić information content (AvgIpc) is 3.19. The Kier molecular flexibility index (Phi) is 5.67. The largest absolute Gasteiger partial charge is 0.381 e. The molecule has 1 fully saturated rings. The second-order valence-corrected chi connectivity index (χ2v) is 7.26. The van der Waals surface area contributed by atoms with Gasteiger partial charge < -0.3 is 14.2 Å². The van der Waals surface area contributed by atoms with Crippen LogP contribution in [0, 0.1) is 5.82 Å². The number of carbonyl (C=O) groups is 1. The maximum Gasteiger partial charge on any atom is 0.274 e. The molecule has 0 unspecified atom stereocenters. The third-order valence-corrected chi connectivity index (χ3v) is 5.13. The maximum absolute atomic E-state index is 13.2. The van der Waals surface area contributed by atoms with Crippen molar-refractivity contribution in [1.82, 2.24) is 19.4 Å². The zero-order chi connectivity index (χ0) is 20.2. The number of ether oxygens (including phenoxy) is 1. The third kappa shape index (κ3) is 4.51. The van der Waals surface area contributed by atoms with Gasteiger partial charge >= 0.3 is 0 Å². The molecule has 0 radical (unpaired) electrons. The summed E-state index contributed by atoms with van der Waals surface area (Å²) < 4.78 is 20.5. The highest BCUT2D eigenvalue weighted by molar-refractivity contribution is 5.92. The first-order valence-corrected chi connectivity index (χ1v) is 9.68. The van der Waals surface area contributed by atoms with E-state index in [0.29, 0.717) is 25.5 Å². The molecular weight excluding hydrogens is 371 g/mol. The van der Waals surface area contributed by atoms with Gasteiger partial charge in [0.1, 0.15) is 11.5 Å². The molecule has 0 N–H and O–H groups in total. The van der Waals surface area contributed by atoms with Gasteiger partial charge in [-0.3, -0.25) is 9.78 Å². The summed E-state index contributed by atoms with van der Waals surface area (Å²) in [5.74, 6) is -0.366. The zero-order valence-corrected chi connectivity index (χ0v) is 16.3. The molecule has 1 aromatic carbocycles. The van der Waals surface area contributed by atoms with Crippen molar-refractivity contribution in [3.63, 3.8) is 0 Å². The van der Waals surface area contributed by atoms with Crippen LogP contribution in [0.1, 0.15) is 28.9 Å². The molecule has 4 rings (SSSR count). The Labute approximate surface area is 169 Å². The molecule has 7 heteroatoms. The van der Waals surface area contributed by atoms with Crippen LogP contribution in [-0.2, 0) is 18.3 Å². The van der Waals surface area contributed by atoms with E-state index in [0.717, 1.165) is 29.7 Å². The SMILES string of the molecule is Cn1cnc(C(=O)N(Cc2ccnc(-c3ccc(F)cc3)c2)C2CCOCC2)c1. The minimum Gasteiger partial charge on any atom is -0.381 e. The van der Waals surface area contributed by atoms with E-state index >= 15 is 0 Å². The van der Waals surface area contributed by atoms with Crippen molar-refractivity contribution >= 4 is 5.91 Å². The van der Waals surface area contributed by atoms with Gasteiger partial charge in [-0.05, 0) is 54.8 Å². The smallest absolute Gasteiger partial charge is 0.274 e. The number of pyridine rings is 1. The quantitative estimate of drug-likeness (QED) is 0.665. The lowest BCUT2D eigenvalue weighted by molar-refractivity contribution is 0.0264. The fourth-order valence-electron chi connectivity index (χ4n) is 3.58. The van der Waals surface area contributed by atoms with Crippen LogP contribution in [0.4, 0.5) is 4.39 Å². The summed E-state index contributed by atoms with van der Waals surface area (Å²) in [7, 11) is 1.85. The number of imidazole rings is 1. The first-order chi connectivity index (χ1) is 14.1. The lowest BCUT2D eigenvalue weighted by atomic mass is 10.0. The number of aromatic nitrogens is 3. The van der Waals surface area contributed by atoms with Gasteiger partial charge in [0.25, 0.3) is 5.91 Å². The minimum atomic E-state index is -0.281. The Bertz CT molecular complexity index is 980. The number of benzene rings is 1. The van der Waals surface area contributed by atoms with E-state index in [9.17, 15) is 9.18 Å². The number of halogens is 1. The highest BCUT2D eigenvalue weighted by Crippen LogP contribution is 2.23. The Morgan fingerprint density at radius 3 is 2.66 bits per heavy atom. The average molecular weight is 394 g/mol. The van der Waals surface area contributed by atoms with E-state index in [1.165, 1.54) is 12.1 Å². The molecular formula is C22H23FN4O2. The van der Waals surface area contributed by atoms with Crippen LogP contribution >= 0.6 is 0 Å². The summed E-state index contributed by atoms with van der Waals surface area (Å²) in [4.78, 5) is 23.7. The molecule has 3 aromatic rings. The van der Waals surface area contributed by atoms with Crippen LogP contribution in [0.15, 0.2) is 55.1 Å². The van der Waals surface area contributed by atoms with Crippen LogP contribution in [0.2, 0.25) is 0 Å². The first kappa shape index (κ1) is 19.3. The Morgan fingerprint density at radius 1 is 1.21 bits per heavy atom. The number of rotatable bonds is 5. The van der Waals surface area contributed by atoms with Gasteiger partial charge in [0.05, 0.1) is 12.0 Å². The lowest BCUT2D eigenvalue weighted by Crippen LogP contribution is -2.43. The van der Waals surface area contributed by atoms with E-state index in [1.54, 1.807) is 35.4 Å². The van der Waals surface area contributed by atoms with Crippen molar-refractivity contribution < 1.29 is 13.9 Å². The number of hydrogen-bond donors (Lipinski definition) is 0. The number of amides is 1. The highest BCUT2D eigenvalue weighted by Gasteiger charge is 2.28. The van der Waals surface area contributed by atoms with Gasteiger partial charge in [0, 0.05) is 50.8 Å². The van der Waals surface area contributed by atoms with E-state index in [-0.39, 0.29) is 17.8 Å². The molecule has 0 saturated carbocycles. The molecule has 29 heavy (non-hydrogen) atoms. The second kappa shape index (κ2) is 8.53. The zero-order valence-electron chi connectivity index (χ0n) is 16.3. The number of nitrogens with zero attached hydrogens (tertiary/aromatic N) is 4. The van der Waals surface area contributed by atoms with E-state index in [2.05, 4.69) is 9.97 Å². The standard InChI is InChI=1S/C22H23FN4O2/c1-26-14-21(25-15-26)22(28)27(19-7-10-29-11-8-19)13-16-6-9-24-20(12-16)17-2-4-18(23)5-3-17/h2-6,9,12,14-15,19H,7-8,10-11,13H2,1H3. The fourth-order valence-corrected chi connectivity index (χ4v) is 3.58. The van der Waals surface area contributed by atoms with Crippen molar-refractivity contribution in [1.29, 1.82) is 0 Å². The van der Waals surface area contributed by atoms with Crippen molar-refractivity contribution in [3.8, 4) is 11.3 Å². The first-order valence-electron chi connectivity index (χ1n) is 9.68. The molecule has 0 bridgehead atoms. The van der Waals surface area contributed by atoms with Gasteiger partial charge in [0.15, 0.2) is 0 Å². The predicted molar refractivity (Wildman–Crippen MR) is 107 cm³/mol. The highest BCUT2D eigenvalue weighted by atomic mass is 19.1. The van der Waals surface area contributed by atoms with E-state index in [1.807, 2.05) is 24.1 Å². The fraction of sp³-hybridized carbons (Fsp3) is 0.318. The molecule has 6 nitrogen and oxygen atoms in total. The summed E-state index contributed by atoms with van der Waals surface area (Å²) >= 11 is 0. The third-order valence-electron chi connectivity index (χ3n) is 5.13. The Morgan fingerprint density at radius 2 is 1.97 bits per heavy atom. The van der Waals surface area contributed by atoms with Crippen LogP contribution in [0.5, 0.6) is 0 Å². The molecule has 0 aliphatic carbocycles. The van der Waals surface area contributed by atoms with Crippen LogP contribution in [0.25, 0.3) is 11.3 Å². The van der Waals surface area contributed by atoms with Crippen molar-refractivity contribution in [2.24, 2.45) is 7.05 Å². The second-order valence-electron chi connectivity index (χ2n) is 7.26. The lowest BCUT2D eigenvalue weighted by Gasteiger charge is -2.34. The summed E-state index contributed by atoms with van der Waals surface area (Å²) in [5, 5.41) is 0. The molecule has 1 aliphatic rings. The van der Waals surface area contributed by atoms with Gasteiger partial charge in [-0.15, -0.1) is 0 Å². The van der Waals surface area contributed by atoms with Gasteiger partial charge in [0.2, 0.25) is 0 Å². The van der Waals surface area contributed by atoms with Gasteiger partial charge in [-0.1, -0.05) is 0 Å². The number of carbonyl (C=O) groups excluding carboxylic acids is 1. The molecule has 0 atom stereocenters. The topological polar surface area (TPSA) is 60.2 Å². The monoisotopic (exact) mass is 394 g/mol. The minimum absolute atomic E-state index is 0.0855. The molecule has 2 aromatic heterocycles. The van der Waals surface area contributed by atoms with Crippen molar-refractivity contribution in [3.05, 3.63) is 72.2 Å². The summed E-state index contributed by atoms with van der Waals surface area (Å²) in [6, 6.07) is 10.2. The van der Waals surface area contributed by atoms with Crippen LogP contribution < -0.4 is 0 Å². The van der Waals surface area contributed by atoms with Crippen LogP contribution in [0.3, 0.4) is 0 Å². The Hall–Kier alpha value is -3.06. The summed E-state index contributed by atoms with van der Waals surface area (Å²) in [5.41, 5.74) is 2.99. The predicted octanol–water partition coefficient (Wildman–Crippen LogP) is 3.44. The van der Waals surface area contributed by atoms with Crippen LogP contribution in [-0.4, -0.2) is 44.6 Å². The van der Waals surface area contributed by atoms with E-state index in [4.69, 9.17) is 4.74 Å². The number of aryl methyl sites for hydroxylation is 1. The van der Waals surface area contributed by atoms with Gasteiger partial charge in [-0.25, -0.2) is 9.37 Å². The molecule has 150 valence electrons. The molecule has 1 saturated heterocycles.